The van der Waals surface area contributed by atoms with Crippen LogP contribution in [0.5, 0.6) is 17.2 Å². The van der Waals surface area contributed by atoms with Gasteiger partial charge in [0.2, 0.25) is 5.17 Å². The zero-order valence-electron chi connectivity index (χ0n) is 19.1. The molecule has 2 aromatic rings. The fraction of sp³-hybridized carbons (Fsp3) is 0.250. The summed E-state index contributed by atoms with van der Waals surface area (Å²) >= 11 is 4.79. The maximum Gasteiger partial charge on any atom is 0.283 e. The maximum atomic E-state index is 12.5. The number of nitrogens with one attached hydrogen (secondary N) is 1. The maximum absolute atomic E-state index is 12.5. The lowest BCUT2D eigenvalue weighted by Gasteiger charge is -2.20. The molecule has 0 aliphatic carbocycles. The second kappa shape index (κ2) is 10.0. The molecule has 0 saturated carbocycles. The number of amides is 1. The van der Waals surface area contributed by atoms with Crippen molar-refractivity contribution in [2.75, 3.05) is 20.3 Å². The number of nitrogens with zero attached hydrogens (tertiary/aromatic N) is 3. The number of halogens is 1. The van der Waals surface area contributed by atoms with Gasteiger partial charge in [0, 0.05) is 0 Å². The first-order valence-corrected chi connectivity index (χ1v) is 12.0. The van der Waals surface area contributed by atoms with Crippen LogP contribution in [0.15, 0.2) is 50.5 Å². The lowest BCUT2D eigenvalue weighted by Crippen LogP contribution is -2.35. The monoisotopic (exact) mass is 542 g/mol. The summed E-state index contributed by atoms with van der Waals surface area (Å²) in [7, 11) is 1.54. The van der Waals surface area contributed by atoms with Gasteiger partial charge in [-0.3, -0.25) is 10.2 Å². The first-order valence-electron chi connectivity index (χ1n) is 10.4. The average molecular weight is 543 g/mol. The van der Waals surface area contributed by atoms with Gasteiger partial charge < -0.3 is 14.2 Å². The Labute approximate surface area is 210 Å². The van der Waals surface area contributed by atoms with Gasteiger partial charge in [0.1, 0.15) is 19.0 Å². The van der Waals surface area contributed by atoms with Crippen LogP contribution in [0.25, 0.3) is 6.08 Å². The number of thioether (sulfide) groups is 1. The summed E-state index contributed by atoms with van der Waals surface area (Å²) in [6.45, 7) is 6.54. The van der Waals surface area contributed by atoms with E-state index in [4.69, 9.17) is 19.6 Å². The molecular formula is C24H23BrN4O4S. The predicted molar refractivity (Wildman–Crippen MR) is 138 cm³/mol. The van der Waals surface area contributed by atoms with Gasteiger partial charge in [0.25, 0.3) is 5.91 Å². The molecular weight excluding hydrogens is 520 g/mol. The Morgan fingerprint density at radius 1 is 1.12 bits per heavy atom. The summed E-state index contributed by atoms with van der Waals surface area (Å²) in [5.74, 6) is 1.34. The van der Waals surface area contributed by atoms with Gasteiger partial charge >= 0.3 is 0 Å². The molecule has 1 N–H and O–H groups in total. The number of benzene rings is 2. The minimum absolute atomic E-state index is 0.0155. The van der Waals surface area contributed by atoms with Crippen molar-refractivity contribution in [2.45, 2.75) is 20.8 Å². The van der Waals surface area contributed by atoms with Gasteiger partial charge in [-0.2, -0.15) is 15.1 Å². The van der Waals surface area contributed by atoms with E-state index in [-0.39, 0.29) is 11.4 Å². The number of carbonyl (C=O) groups excluding carboxylic acids is 1. The third-order valence-corrected chi connectivity index (χ3v) is 6.45. The number of amidine groups is 2. The van der Waals surface area contributed by atoms with E-state index < -0.39 is 5.91 Å². The highest BCUT2D eigenvalue weighted by Crippen LogP contribution is 2.38. The van der Waals surface area contributed by atoms with E-state index >= 15 is 0 Å². The molecule has 2 aromatic carbocycles. The van der Waals surface area contributed by atoms with Crippen LogP contribution < -0.4 is 14.2 Å². The van der Waals surface area contributed by atoms with Gasteiger partial charge in [-0.1, -0.05) is 17.7 Å². The first kappa shape index (κ1) is 24.0. The molecule has 4 rings (SSSR count). The smallest absolute Gasteiger partial charge is 0.283 e. The van der Waals surface area contributed by atoms with Crippen molar-refractivity contribution in [3.05, 3.63) is 57.1 Å². The average Bonchev–Trinajstić information content (AvgIpc) is 3.16. The highest BCUT2D eigenvalue weighted by Gasteiger charge is 2.34. The molecule has 0 radical (unpaired) electrons. The summed E-state index contributed by atoms with van der Waals surface area (Å²) in [6, 6.07) is 9.57. The van der Waals surface area contributed by atoms with Crippen LogP contribution >= 0.6 is 27.7 Å². The number of rotatable bonds is 7. The topological polar surface area (TPSA) is 96.6 Å². The minimum atomic E-state index is -0.479. The molecule has 176 valence electrons. The van der Waals surface area contributed by atoms with Crippen LogP contribution in [0.2, 0.25) is 0 Å². The van der Waals surface area contributed by atoms with E-state index in [0.717, 1.165) is 16.4 Å². The summed E-state index contributed by atoms with van der Waals surface area (Å²) in [6.07, 6.45) is 1.60. The Morgan fingerprint density at radius 2 is 1.88 bits per heavy atom. The van der Waals surface area contributed by atoms with Gasteiger partial charge in [0.15, 0.2) is 17.3 Å². The Balaban J connectivity index is 1.49. The second-order valence-corrected chi connectivity index (χ2v) is 9.65. The second-order valence-electron chi connectivity index (χ2n) is 7.64. The Morgan fingerprint density at radius 3 is 2.62 bits per heavy atom. The molecule has 10 heteroatoms. The van der Waals surface area contributed by atoms with Crippen LogP contribution in [-0.4, -0.2) is 47.3 Å². The molecule has 0 fully saturated rings. The molecule has 0 unspecified atom stereocenters. The number of aliphatic imine (C=N–C) groups is 1. The molecule has 0 bridgehead atoms. The molecule has 2 aliphatic rings. The molecule has 0 saturated heterocycles. The highest BCUT2D eigenvalue weighted by molar-refractivity contribution is 9.10. The zero-order valence-corrected chi connectivity index (χ0v) is 21.5. The number of hydrogen-bond donors (Lipinski definition) is 1. The van der Waals surface area contributed by atoms with Crippen molar-refractivity contribution < 1.29 is 19.0 Å². The van der Waals surface area contributed by atoms with E-state index in [1.54, 1.807) is 32.2 Å². The summed E-state index contributed by atoms with van der Waals surface area (Å²) in [5, 5.41) is 15.1. The van der Waals surface area contributed by atoms with Gasteiger partial charge in [-0.25, -0.2) is 0 Å². The standard InChI is InChI=1S/C24H23BrN4O4S/c1-13-5-6-19(14(2)9-13)32-7-8-33-21-18(25)11-16(12-20(21)31-4)10-17-22(26)29-24(27-23(17)30)34-15(3)28-29/h5-6,9-12,26H,7-8H2,1-4H3/b17-10-,26-22?. The van der Waals surface area contributed by atoms with Crippen LogP contribution in [0, 0.1) is 19.3 Å². The normalized spacial score (nSPS) is 16.4. The van der Waals surface area contributed by atoms with E-state index in [9.17, 15) is 4.79 Å². The van der Waals surface area contributed by atoms with Gasteiger partial charge in [0.05, 0.1) is 22.2 Å². The van der Waals surface area contributed by atoms with E-state index in [2.05, 4.69) is 32.1 Å². The van der Waals surface area contributed by atoms with Crippen molar-refractivity contribution in [3.63, 3.8) is 0 Å². The number of hydrogen-bond acceptors (Lipinski definition) is 7. The number of hydrazone groups is 1. The van der Waals surface area contributed by atoms with E-state index in [1.165, 1.54) is 22.3 Å². The third-order valence-electron chi connectivity index (χ3n) is 5.04. The van der Waals surface area contributed by atoms with Gasteiger partial charge in [-0.05, 0) is 83.9 Å². The van der Waals surface area contributed by atoms with Crippen molar-refractivity contribution in [1.82, 2.24) is 5.01 Å². The molecule has 0 atom stereocenters. The van der Waals surface area contributed by atoms with E-state index in [1.807, 2.05) is 26.0 Å². The molecule has 34 heavy (non-hydrogen) atoms. The molecule has 0 aromatic heterocycles. The zero-order chi connectivity index (χ0) is 24.4. The van der Waals surface area contributed by atoms with Crippen molar-refractivity contribution in [1.29, 1.82) is 5.41 Å². The highest BCUT2D eigenvalue weighted by atomic mass is 79.9. The lowest BCUT2D eigenvalue weighted by molar-refractivity contribution is -0.114. The molecule has 2 aliphatic heterocycles. The Bertz CT molecular complexity index is 1270. The quantitative estimate of drug-likeness (QED) is 0.382. The lowest BCUT2D eigenvalue weighted by atomic mass is 10.1. The number of methoxy groups -OCH3 is 1. The molecule has 2 heterocycles. The van der Waals surface area contributed by atoms with E-state index in [0.29, 0.717) is 39.9 Å². The summed E-state index contributed by atoms with van der Waals surface area (Å²) < 4.78 is 17.9. The van der Waals surface area contributed by atoms with Crippen molar-refractivity contribution in [3.8, 4) is 17.2 Å². The first-order chi connectivity index (χ1) is 16.3. The molecule has 1 amide bonds. The third kappa shape index (κ3) is 5.02. The minimum Gasteiger partial charge on any atom is -0.493 e. The van der Waals surface area contributed by atoms with Crippen molar-refractivity contribution >= 4 is 55.7 Å². The largest absolute Gasteiger partial charge is 0.493 e. The van der Waals surface area contributed by atoms with Crippen molar-refractivity contribution in [2.24, 2.45) is 10.1 Å². The van der Waals surface area contributed by atoms with Crippen LogP contribution in [0.1, 0.15) is 23.6 Å². The SMILES string of the molecule is COc1cc(/C=C2/C(=N)N3N=C(C)SC3=NC2=O)cc(Br)c1OCCOc1ccc(C)cc1C. The summed E-state index contributed by atoms with van der Waals surface area (Å²) in [5.41, 5.74) is 3.06. The molecule has 0 spiro atoms. The number of fused-ring (bicyclic) bond motifs is 1. The molecule has 8 nitrogen and oxygen atoms in total. The number of ether oxygens (including phenoxy) is 3. The Hall–Kier alpha value is -3.11. The fourth-order valence-electron chi connectivity index (χ4n) is 3.47. The van der Waals surface area contributed by atoms with Gasteiger partial charge in [-0.15, -0.1) is 0 Å². The van der Waals surface area contributed by atoms with Crippen LogP contribution in [-0.2, 0) is 4.79 Å². The predicted octanol–water partition coefficient (Wildman–Crippen LogP) is 5.17. The number of carbonyl (C=O) groups is 1. The van der Waals surface area contributed by atoms with Crippen LogP contribution in [0.3, 0.4) is 0 Å². The Kier molecular flexibility index (Phi) is 7.08. The number of aryl methyl sites for hydroxylation is 2. The fourth-order valence-corrected chi connectivity index (χ4v) is 4.78. The summed E-state index contributed by atoms with van der Waals surface area (Å²) in [4.78, 5) is 16.6. The van der Waals surface area contributed by atoms with Crippen LogP contribution in [0.4, 0.5) is 0 Å².